The Morgan fingerprint density at radius 2 is 2.00 bits per heavy atom. The summed E-state index contributed by atoms with van der Waals surface area (Å²) in [5.74, 6) is -0.668. The van der Waals surface area contributed by atoms with E-state index in [1.165, 1.54) is 12.1 Å². The zero-order valence-electron chi connectivity index (χ0n) is 15.5. The minimum atomic E-state index is -3.99. The molecule has 1 amide bonds. The molecule has 1 aromatic carbocycles. The molecular formula is C19H25FN2O5S. The van der Waals surface area contributed by atoms with Crippen molar-refractivity contribution in [3.63, 3.8) is 0 Å². The van der Waals surface area contributed by atoms with E-state index in [9.17, 15) is 22.7 Å². The van der Waals surface area contributed by atoms with Crippen LogP contribution in [0.15, 0.2) is 41.3 Å². The summed E-state index contributed by atoms with van der Waals surface area (Å²) in [5.41, 5.74) is 0. The number of halogens is 1. The summed E-state index contributed by atoms with van der Waals surface area (Å²) in [6.45, 7) is 1.07. The molecular weight excluding hydrogens is 387 g/mol. The molecule has 3 atom stereocenters. The molecule has 0 bridgehead atoms. The maximum Gasteiger partial charge on any atom is 0.241 e. The average molecular weight is 412 g/mol. The summed E-state index contributed by atoms with van der Waals surface area (Å²) in [6, 6.07) is 3.85. The fourth-order valence-electron chi connectivity index (χ4n) is 3.44. The molecule has 0 aliphatic carbocycles. The number of nitrogens with zero attached hydrogens (tertiary/aromatic N) is 1. The Morgan fingerprint density at radius 3 is 2.68 bits per heavy atom. The zero-order chi connectivity index (χ0) is 20.1. The molecule has 9 heteroatoms. The number of aliphatic hydroxyl groups is 1. The fraction of sp³-hybridized carbons (Fsp3) is 0.526. The summed E-state index contributed by atoms with van der Waals surface area (Å²) in [5, 5.41) is 9.62. The van der Waals surface area contributed by atoms with Gasteiger partial charge in [0.1, 0.15) is 11.9 Å². The third kappa shape index (κ3) is 5.16. The molecule has 0 aromatic heterocycles. The quantitative estimate of drug-likeness (QED) is 0.685. The number of carbonyl (C=O) groups excluding carboxylic acids is 1. The first-order valence-electron chi connectivity index (χ1n) is 9.39. The Hall–Kier alpha value is -1.81. The number of hydrogen-bond donors (Lipinski definition) is 2. The Balaban J connectivity index is 1.65. The van der Waals surface area contributed by atoms with Crippen LogP contribution >= 0.6 is 0 Å². The highest BCUT2D eigenvalue weighted by molar-refractivity contribution is 7.89. The van der Waals surface area contributed by atoms with Gasteiger partial charge in [0.2, 0.25) is 15.9 Å². The Kier molecular flexibility index (Phi) is 6.82. The van der Waals surface area contributed by atoms with E-state index < -0.39 is 40.7 Å². The van der Waals surface area contributed by atoms with E-state index in [0.717, 1.165) is 44.5 Å². The van der Waals surface area contributed by atoms with Gasteiger partial charge in [-0.15, -0.1) is 0 Å². The van der Waals surface area contributed by atoms with Crippen molar-refractivity contribution in [3.05, 3.63) is 42.2 Å². The first-order chi connectivity index (χ1) is 13.4. The summed E-state index contributed by atoms with van der Waals surface area (Å²) >= 11 is 0. The van der Waals surface area contributed by atoms with Crippen molar-refractivity contribution in [1.29, 1.82) is 0 Å². The highest BCUT2D eigenvalue weighted by Gasteiger charge is 2.32. The molecule has 1 saturated heterocycles. The number of likely N-dealkylation sites (tertiary alicyclic amines) is 1. The van der Waals surface area contributed by atoms with Crippen LogP contribution in [0, 0.1) is 5.82 Å². The molecule has 2 aliphatic rings. The van der Waals surface area contributed by atoms with Crippen LogP contribution in [0.5, 0.6) is 0 Å². The number of sulfonamides is 1. The van der Waals surface area contributed by atoms with Crippen molar-refractivity contribution in [2.45, 2.75) is 48.8 Å². The van der Waals surface area contributed by atoms with Gasteiger partial charge in [0, 0.05) is 13.1 Å². The largest absolute Gasteiger partial charge is 0.394 e. The number of ether oxygens (including phenoxy) is 1. The van der Waals surface area contributed by atoms with Crippen LogP contribution in [0.3, 0.4) is 0 Å². The Bertz CT molecular complexity index is 823. The van der Waals surface area contributed by atoms with Crippen molar-refractivity contribution in [2.75, 3.05) is 19.7 Å². The second-order valence-electron chi connectivity index (χ2n) is 7.03. The molecule has 1 fully saturated rings. The van der Waals surface area contributed by atoms with Gasteiger partial charge in [-0.2, -0.15) is 0 Å². The van der Waals surface area contributed by atoms with Gasteiger partial charge in [0.15, 0.2) is 0 Å². The molecule has 2 aliphatic heterocycles. The van der Waals surface area contributed by atoms with Crippen LogP contribution in [0.4, 0.5) is 4.39 Å². The van der Waals surface area contributed by atoms with Crippen LogP contribution in [-0.2, 0) is 19.6 Å². The van der Waals surface area contributed by atoms with Crippen LogP contribution in [0.1, 0.15) is 25.7 Å². The van der Waals surface area contributed by atoms with Gasteiger partial charge in [0.05, 0.1) is 30.1 Å². The maximum absolute atomic E-state index is 13.3. The zero-order valence-corrected chi connectivity index (χ0v) is 16.3. The van der Waals surface area contributed by atoms with Gasteiger partial charge in [-0.25, -0.2) is 17.5 Å². The van der Waals surface area contributed by atoms with E-state index >= 15 is 0 Å². The Labute approximate surface area is 164 Å². The molecule has 28 heavy (non-hydrogen) atoms. The lowest BCUT2D eigenvalue weighted by Crippen LogP contribution is -2.49. The third-order valence-corrected chi connectivity index (χ3v) is 6.40. The number of aliphatic hydroxyl groups excluding tert-OH is 1. The number of hydrogen-bond acceptors (Lipinski definition) is 5. The van der Waals surface area contributed by atoms with Crippen molar-refractivity contribution in [2.24, 2.45) is 0 Å². The summed E-state index contributed by atoms with van der Waals surface area (Å²) in [7, 11) is -3.99. The molecule has 2 heterocycles. The normalized spacial score (nSPS) is 25.6. The molecule has 0 unspecified atom stereocenters. The van der Waals surface area contributed by atoms with Gasteiger partial charge in [-0.05, 0) is 37.5 Å². The summed E-state index contributed by atoms with van der Waals surface area (Å²) < 4.78 is 46.4. The van der Waals surface area contributed by atoms with Gasteiger partial charge < -0.3 is 14.7 Å². The maximum atomic E-state index is 13.3. The second kappa shape index (κ2) is 9.13. The lowest BCUT2D eigenvalue weighted by atomic mass is 10.0. The molecule has 0 spiro atoms. The average Bonchev–Trinajstić information content (AvgIpc) is 2.69. The topological polar surface area (TPSA) is 95.9 Å². The van der Waals surface area contributed by atoms with E-state index in [1.807, 2.05) is 4.90 Å². The minimum Gasteiger partial charge on any atom is -0.394 e. The molecule has 154 valence electrons. The standard InChI is InChI=1S/C19H25FN2O5S/c20-14-5-4-6-16(11-14)28(25,26)21-17-8-7-15(27-18(17)13-23)12-19(24)22-9-2-1-3-10-22/h4-8,11,15,17-18,21,23H,1-3,9-10,12-13H2/t15-,17+,18-/m0/s1. The molecule has 1 aromatic rings. The first kappa shape index (κ1) is 20.9. The number of nitrogens with one attached hydrogen (secondary N) is 1. The second-order valence-corrected chi connectivity index (χ2v) is 8.74. The van der Waals surface area contributed by atoms with Crippen LogP contribution < -0.4 is 4.72 Å². The molecule has 7 nitrogen and oxygen atoms in total. The SMILES string of the molecule is O=C(C[C@@H]1C=C[C@@H](NS(=O)(=O)c2cccc(F)c2)[C@H](CO)O1)N1CCCCC1. The number of amides is 1. The first-order valence-corrected chi connectivity index (χ1v) is 10.9. The van der Waals surface area contributed by atoms with Crippen molar-refractivity contribution < 1.29 is 27.4 Å². The van der Waals surface area contributed by atoms with Gasteiger partial charge in [-0.1, -0.05) is 18.2 Å². The monoisotopic (exact) mass is 412 g/mol. The molecule has 0 radical (unpaired) electrons. The third-order valence-electron chi connectivity index (χ3n) is 4.95. The summed E-state index contributed by atoms with van der Waals surface area (Å²) in [4.78, 5) is 14.0. The van der Waals surface area contributed by atoms with Gasteiger partial charge in [-0.3, -0.25) is 4.79 Å². The fourth-order valence-corrected chi connectivity index (χ4v) is 4.69. The van der Waals surface area contributed by atoms with Gasteiger partial charge in [0.25, 0.3) is 0 Å². The van der Waals surface area contributed by atoms with Crippen LogP contribution in [0.25, 0.3) is 0 Å². The summed E-state index contributed by atoms with van der Waals surface area (Å²) in [6.07, 6.45) is 5.11. The predicted molar refractivity (Wildman–Crippen MR) is 100 cm³/mol. The van der Waals surface area contributed by atoms with Crippen LogP contribution in [-0.4, -0.2) is 62.3 Å². The van der Waals surface area contributed by atoms with E-state index in [2.05, 4.69) is 4.72 Å². The van der Waals surface area contributed by atoms with Crippen molar-refractivity contribution in [1.82, 2.24) is 9.62 Å². The van der Waals surface area contributed by atoms with E-state index in [-0.39, 0.29) is 17.2 Å². The number of carbonyl (C=O) groups is 1. The smallest absolute Gasteiger partial charge is 0.241 e. The lowest BCUT2D eigenvalue weighted by molar-refractivity contribution is -0.136. The van der Waals surface area contributed by atoms with E-state index in [4.69, 9.17) is 4.74 Å². The predicted octanol–water partition coefficient (Wildman–Crippen LogP) is 1.19. The number of rotatable bonds is 6. The Morgan fingerprint density at radius 1 is 1.25 bits per heavy atom. The van der Waals surface area contributed by atoms with Crippen molar-refractivity contribution in [3.8, 4) is 0 Å². The highest BCUT2D eigenvalue weighted by atomic mass is 32.2. The number of benzene rings is 1. The molecule has 3 rings (SSSR count). The minimum absolute atomic E-state index is 0.00942. The number of piperidine rings is 1. The highest BCUT2D eigenvalue weighted by Crippen LogP contribution is 2.20. The van der Waals surface area contributed by atoms with E-state index in [0.29, 0.717) is 0 Å². The lowest BCUT2D eigenvalue weighted by Gasteiger charge is -2.33. The van der Waals surface area contributed by atoms with E-state index in [1.54, 1.807) is 12.2 Å². The van der Waals surface area contributed by atoms with Gasteiger partial charge >= 0.3 is 0 Å². The van der Waals surface area contributed by atoms with Crippen molar-refractivity contribution >= 4 is 15.9 Å². The van der Waals surface area contributed by atoms with Crippen LogP contribution in [0.2, 0.25) is 0 Å². The molecule has 2 N–H and O–H groups in total. The molecule has 0 saturated carbocycles.